The highest BCUT2D eigenvalue weighted by Crippen LogP contribution is 2.36. The Bertz CT molecular complexity index is 910. The molecule has 2 aromatic carbocycles. The van der Waals surface area contributed by atoms with Crippen LogP contribution in [0, 0.1) is 11.7 Å². The lowest BCUT2D eigenvalue weighted by Crippen LogP contribution is -2.42. The predicted octanol–water partition coefficient (Wildman–Crippen LogP) is 5.15. The summed E-state index contributed by atoms with van der Waals surface area (Å²) in [6, 6.07) is 12.4. The smallest absolute Gasteiger partial charge is 0.227 e. The minimum absolute atomic E-state index is 0.116. The van der Waals surface area contributed by atoms with Crippen molar-refractivity contribution in [3.63, 3.8) is 0 Å². The van der Waals surface area contributed by atoms with Gasteiger partial charge in [0.25, 0.3) is 0 Å². The Morgan fingerprint density at radius 3 is 2.68 bits per heavy atom. The van der Waals surface area contributed by atoms with Gasteiger partial charge in [-0.25, -0.2) is 4.39 Å². The van der Waals surface area contributed by atoms with Crippen LogP contribution in [-0.4, -0.2) is 36.5 Å². The lowest BCUT2D eigenvalue weighted by molar-refractivity contribution is -0.122. The predicted molar refractivity (Wildman–Crippen MR) is 121 cm³/mol. The standard InChI is InChI=1S/C25H30ClFN2O2/c1-17(21-8-2-3-9-22(21)27)25(30)28-15-18-13-20(14-18)31-23-10-6-7-19(24(23)26)16-29-11-4-5-12-29/h2-3,6-10,17-18,20H,4-5,11-16H2,1H3,(H,28,30). The highest BCUT2D eigenvalue weighted by atomic mass is 35.5. The van der Waals surface area contributed by atoms with Crippen molar-refractivity contribution in [1.82, 2.24) is 10.2 Å². The summed E-state index contributed by atoms with van der Waals surface area (Å²) in [4.78, 5) is 14.8. The molecule has 0 bridgehead atoms. The van der Waals surface area contributed by atoms with Crippen LogP contribution in [0.5, 0.6) is 5.75 Å². The van der Waals surface area contributed by atoms with Crippen LogP contribution >= 0.6 is 11.6 Å². The molecule has 2 aromatic rings. The molecule has 1 N–H and O–H groups in total. The number of likely N-dealkylation sites (tertiary alicyclic amines) is 1. The molecule has 1 unspecified atom stereocenters. The van der Waals surface area contributed by atoms with Gasteiger partial charge in [0, 0.05) is 13.1 Å². The maximum atomic E-state index is 13.9. The number of nitrogens with zero attached hydrogens (tertiary/aromatic N) is 1. The number of ether oxygens (including phenoxy) is 1. The van der Waals surface area contributed by atoms with E-state index in [4.69, 9.17) is 16.3 Å². The van der Waals surface area contributed by atoms with E-state index in [2.05, 4.69) is 16.3 Å². The van der Waals surface area contributed by atoms with Crippen molar-refractivity contribution >= 4 is 17.5 Å². The average Bonchev–Trinajstić information content (AvgIpc) is 3.25. The van der Waals surface area contributed by atoms with E-state index >= 15 is 0 Å². The van der Waals surface area contributed by atoms with E-state index in [1.807, 2.05) is 12.1 Å². The minimum Gasteiger partial charge on any atom is -0.489 e. The van der Waals surface area contributed by atoms with Crippen LogP contribution < -0.4 is 10.1 Å². The average molecular weight is 445 g/mol. The van der Waals surface area contributed by atoms with Crippen LogP contribution in [-0.2, 0) is 11.3 Å². The van der Waals surface area contributed by atoms with Gasteiger partial charge in [-0.2, -0.15) is 0 Å². The van der Waals surface area contributed by atoms with Gasteiger partial charge in [0.1, 0.15) is 11.6 Å². The number of carbonyl (C=O) groups is 1. The van der Waals surface area contributed by atoms with E-state index in [-0.39, 0.29) is 17.8 Å². The first kappa shape index (κ1) is 22.1. The number of benzene rings is 2. The van der Waals surface area contributed by atoms with E-state index in [1.54, 1.807) is 25.1 Å². The number of hydrogen-bond donors (Lipinski definition) is 1. The molecule has 1 saturated carbocycles. The van der Waals surface area contributed by atoms with Crippen molar-refractivity contribution in [2.45, 2.75) is 51.2 Å². The Morgan fingerprint density at radius 2 is 1.94 bits per heavy atom. The van der Waals surface area contributed by atoms with Crippen molar-refractivity contribution in [2.75, 3.05) is 19.6 Å². The van der Waals surface area contributed by atoms with Gasteiger partial charge < -0.3 is 10.1 Å². The normalized spacial score (nSPS) is 22.0. The number of amides is 1. The second kappa shape index (κ2) is 10.0. The summed E-state index contributed by atoms with van der Waals surface area (Å²) in [6.45, 7) is 5.45. The highest BCUT2D eigenvalue weighted by Gasteiger charge is 2.32. The zero-order chi connectivity index (χ0) is 21.8. The van der Waals surface area contributed by atoms with Crippen LogP contribution in [0.25, 0.3) is 0 Å². The number of rotatable bonds is 8. The Morgan fingerprint density at radius 1 is 1.19 bits per heavy atom. The van der Waals surface area contributed by atoms with Crippen LogP contribution in [0.2, 0.25) is 5.02 Å². The molecule has 31 heavy (non-hydrogen) atoms. The maximum absolute atomic E-state index is 13.9. The second-order valence-corrected chi connectivity index (χ2v) is 9.16. The fourth-order valence-electron chi connectivity index (χ4n) is 4.43. The zero-order valence-electron chi connectivity index (χ0n) is 17.9. The van der Waals surface area contributed by atoms with Gasteiger partial charge >= 0.3 is 0 Å². The zero-order valence-corrected chi connectivity index (χ0v) is 18.7. The van der Waals surface area contributed by atoms with Gasteiger partial charge in [-0.15, -0.1) is 0 Å². The van der Waals surface area contributed by atoms with Gasteiger partial charge in [-0.1, -0.05) is 41.9 Å². The third kappa shape index (κ3) is 5.39. The van der Waals surface area contributed by atoms with Crippen LogP contribution in [0.15, 0.2) is 42.5 Å². The number of halogens is 2. The minimum atomic E-state index is -0.509. The quantitative estimate of drug-likeness (QED) is 0.612. The Kier molecular flexibility index (Phi) is 7.13. The molecule has 166 valence electrons. The topological polar surface area (TPSA) is 41.6 Å². The molecule has 6 heteroatoms. The van der Waals surface area contributed by atoms with E-state index in [9.17, 15) is 9.18 Å². The first-order valence-electron chi connectivity index (χ1n) is 11.2. The summed E-state index contributed by atoms with van der Waals surface area (Å²) in [7, 11) is 0. The first-order chi connectivity index (χ1) is 15.0. The molecule has 0 spiro atoms. The summed E-state index contributed by atoms with van der Waals surface area (Å²) in [6.07, 6.45) is 4.38. The van der Waals surface area contributed by atoms with Crippen molar-refractivity contribution < 1.29 is 13.9 Å². The first-order valence-corrected chi connectivity index (χ1v) is 11.6. The van der Waals surface area contributed by atoms with Crippen LogP contribution in [0.4, 0.5) is 4.39 Å². The van der Waals surface area contributed by atoms with Gasteiger partial charge in [0.05, 0.1) is 17.0 Å². The summed E-state index contributed by atoms with van der Waals surface area (Å²) in [5.41, 5.74) is 1.55. The molecule has 1 aliphatic heterocycles. The molecule has 1 saturated heterocycles. The molecular formula is C25H30ClFN2O2. The van der Waals surface area contributed by atoms with Gasteiger partial charge in [-0.05, 0) is 74.9 Å². The fraction of sp³-hybridized carbons (Fsp3) is 0.480. The van der Waals surface area contributed by atoms with Gasteiger partial charge in [0.15, 0.2) is 0 Å². The molecule has 0 radical (unpaired) electrons. The highest BCUT2D eigenvalue weighted by molar-refractivity contribution is 6.32. The molecule has 4 nitrogen and oxygen atoms in total. The summed E-state index contributed by atoms with van der Waals surface area (Å²) in [5.74, 6) is 0.121. The van der Waals surface area contributed by atoms with E-state index in [0.717, 1.165) is 43.8 Å². The third-order valence-electron chi connectivity index (χ3n) is 6.45. The van der Waals surface area contributed by atoms with Crippen LogP contribution in [0.3, 0.4) is 0 Å². The molecule has 4 rings (SSSR count). The number of carbonyl (C=O) groups excluding carboxylic acids is 1. The monoisotopic (exact) mass is 444 g/mol. The maximum Gasteiger partial charge on any atom is 0.227 e. The lowest BCUT2D eigenvalue weighted by atomic mass is 9.82. The third-order valence-corrected chi connectivity index (χ3v) is 6.88. The second-order valence-electron chi connectivity index (χ2n) is 8.78. The largest absolute Gasteiger partial charge is 0.489 e. The van der Waals surface area contributed by atoms with Crippen molar-refractivity contribution in [3.8, 4) is 5.75 Å². The molecule has 1 atom stereocenters. The van der Waals surface area contributed by atoms with Crippen molar-refractivity contribution in [2.24, 2.45) is 5.92 Å². The molecule has 1 aliphatic carbocycles. The molecule has 1 heterocycles. The molecule has 2 aliphatic rings. The summed E-state index contributed by atoms with van der Waals surface area (Å²) < 4.78 is 20.0. The summed E-state index contributed by atoms with van der Waals surface area (Å²) >= 11 is 6.62. The Labute approximate surface area is 188 Å². The van der Waals surface area contributed by atoms with E-state index in [1.165, 1.54) is 18.9 Å². The molecule has 2 fully saturated rings. The lowest BCUT2D eigenvalue weighted by Gasteiger charge is -2.36. The van der Waals surface area contributed by atoms with Crippen molar-refractivity contribution in [3.05, 3.63) is 64.4 Å². The fourth-order valence-corrected chi connectivity index (χ4v) is 4.66. The van der Waals surface area contributed by atoms with Gasteiger partial charge in [-0.3, -0.25) is 9.69 Å². The Hall–Kier alpha value is -2.11. The number of nitrogens with one attached hydrogen (secondary N) is 1. The SMILES string of the molecule is CC(C(=O)NCC1CC(Oc2cccc(CN3CCCC3)c2Cl)C1)c1ccccc1F. The van der Waals surface area contributed by atoms with E-state index in [0.29, 0.717) is 23.0 Å². The van der Waals surface area contributed by atoms with Crippen molar-refractivity contribution in [1.29, 1.82) is 0 Å². The number of hydrogen-bond acceptors (Lipinski definition) is 3. The molecule has 0 aromatic heterocycles. The summed E-state index contributed by atoms with van der Waals surface area (Å²) in [5, 5.41) is 3.68. The van der Waals surface area contributed by atoms with Crippen LogP contribution in [0.1, 0.15) is 49.7 Å². The Balaban J connectivity index is 1.23. The molecular weight excluding hydrogens is 415 g/mol. The van der Waals surface area contributed by atoms with Gasteiger partial charge in [0.2, 0.25) is 5.91 Å². The van der Waals surface area contributed by atoms with E-state index < -0.39 is 5.92 Å². The molecule has 1 amide bonds.